The predicted molar refractivity (Wildman–Crippen MR) is 156 cm³/mol. The van der Waals surface area contributed by atoms with Gasteiger partial charge >= 0.3 is 11.9 Å². The third-order valence-electron chi connectivity index (χ3n) is 5.65. The number of nitro benzene ring substituents is 1. The number of amides is 3. The Kier molecular flexibility index (Phi) is 9.67. The minimum atomic E-state index is -4.79. The minimum Gasteiger partial charge on any atom is -0.490 e. The zero-order valence-corrected chi connectivity index (χ0v) is 24.9. The summed E-state index contributed by atoms with van der Waals surface area (Å²) in [5.74, 6) is -1.76. The number of carbonyl (C=O) groups excluding carboxylic acids is 3. The van der Waals surface area contributed by atoms with Crippen molar-refractivity contribution in [3.8, 4) is 17.2 Å². The average molecular weight is 701 g/mol. The molecule has 1 aliphatic rings. The molecule has 0 radical (unpaired) electrons. The molecule has 1 fully saturated rings. The molecule has 4 rings (SSSR count). The number of nitrogens with one attached hydrogen (secondary N) is 1. The van der Waals surface area contributed by atoms with E-state index in [1.54, 1.807) is 19.1 Å². The number of hydrogen-bond acceptors (Lipinski definition) is 8. The van der Waals surface area contributed by atoms with Crippen LogP contribution in [0.1, 0.15) is 18.1 Å². The molecule has 3 aromatic carbocycles. The van der Waals surface area contributed by atoms with Gasteiger partial charge in [-0.3, -0.25) is 29.4 Å². The Labute approximate surface area is 259 Å². The Balaban J connectivity index is 1.53. The second kappa shape index (κ2) is 13.1. The van der Waals surface area contributed by atoms with Gasteiger partial charge in [-0.25, -0.2) is 0 Å². The van der Waals surface area contributed by atoms with Gasteiger partial charge in [0.25, 0.3) is 11.1 Å². The number of anilines is 1. The SMILES string of the molecule is CCOc1cc(/C=C2/SC(=O)N(CC(=O)Nc3ccc(Br)c(Cl)c3)C2=O)ccc1Oc1ccc(C(F)(F)F)cc1[N+](=O)[O-]. The maximum atomic E-state index is 13.1. The first-order valence-electron chi connectivity index (χ1n) is 12.1. The molecule has 0 unspecified atom stereocenters. The van der Waals surface area contributed by atoms with Crippen LogP contribution >= 0.6 is 39.3 Å². The van der Waals surface area contributed by atoms with Crippen molar-refractivity contribution in [3.63, 3.8) is 0 Å². The Morgan fingerprint density at radius 2 is 1.84 bits per heavy atom. The molecular formula is C27H18BrClF3N3O7S. The zero-order valence-electron chi connectivity index (χ0n) is 21.7. The van der Waals surface area contributed by atoms with E-state index in [4.69, 9.17) is 21.1 Å². The number of thioether (sulfide) groups is 1. The Morgan fingerprint density at radius 3 is 2.49 bits per heavy atom. The van der Waals surface area contributed by atoms with Crippen molar-refractivity contribution in [1.29, 1.82) is 0 Å². The van der Waals surface area contributed by atoms with Gasteiger partial charge in [0.15, 0.2) is 11.5 Å². The normalized spacial score (nSPS) is 14.3. The summed E-state index contributed by atoms with van der Waals surface area (Å²) < 4.78 is 50.9. The highest BCUT2D eigenvalue weighted by Crippen LogP contribution is 2.41. The molecule has 1 N–H and O–H groups in total. The smallest absolute Gasteiger partial charge is 0.416 e. The lowest BCUT2D eigenvalue weighted by Crippen LogP contribution is -2.36. The van der Waals surface area contributed by atoms with E-state index in [0.717, 1.165) is 11.0 Å². The molecule has 224 valence electrons. The molecule has 1 aliphatic heterocycles. The molecule has 0 atom stereocenters. The maximum Gasteiger partial charge on any atom is 0.416 e. The van der Waals surface area contributed by atoms with Crippen LogP contribution in [0, 0.1) is 10.1 Å². The molecule has 0 aromatic heterocycles. The lowest BCUT2D eigenvalue weighted by atomic mass is 10.1. The standard InChI is InChI=1S/C27H18BrClF3N3O7S/c1-2-41-22-9-14(3-7-21(22)42-20-8-4-15(27(30,31)32)11-19(20)35(39)40)10-23-25(37)34(26(38)43-23)13-24(36)33-16-5-6-17(28)18(29)12-16/h3-12H,2,13H2,1H3,(H,33,36)/b23-10+. The van der Waals surface area contributed by atoms with Crippen LogP contribution in [0.15, 0.2) is 64.0 Å². The molecule has 43 heavy (non-hydrogen) atoms. The zero-order chi connectivity index (χ0) is 31.5. The number of halogens is 5. The predicted octanol–water partition coefficient (Wildman–Crippen LogP) is 7.90. The van der Waals surface area contributed by atoms with Gasteiger partial charge < -0.3 is 14.8 Å². The molecule has 1 heterocycles. The van der Waals surface area contributed by atoms with E-state index in [2.05, 4.69) is 21.2 Å². The molecule has 10 nitrogen and oxygen atoms in total. The van der Waals surface area contributed by atoms with Gasteiger partial charge in [-0.2, -0.15) is 13.2 Å². The number of hydrogen-bond donors (Lipinski definition) is 1. The highest BCUT2D eigenvalue weighted by Gasteiger charge is 2.37. The highest BCUT2D eigenvalue weighted by atomic mass is 79.9. The van der Waals surface area contributed by atoms with Crippen LogP contribution in [0.25, 0.3) is 6.08 Å². The fourth-order valence-corrected chi connectivity index (χ4v) is 4.98. The second-order valence-corrected chi connectivity index (χ2v) is 10.9. The van der Waals surface area contributed by atoms with Crippen LogP contribution in [-0.2, 0) is 15.8 Å². The van der Waals surface area contributed by atoms with Crippen molar-refractivity contribution < 1.29 is 42.0 Å². The van der Waals surface area contributed by atoms with Gasteiger partial charge in [-0.05, 0) is 88.7 Å². The third-order valence-corrected chi connectivity index (χ3v) is 7.79. The van der Waals surface area contributed by atoms with Crippen LogP contribution < -0.4 is 14.8 Å². The monoisotopic (exact) mass is 699 g/mol. The first-order chi connectivity index (χ1) is 20.3. The van der Waals surface area contributed by atoms with Crippen LogP contribution in [0.4, 0.5) is 29.3 Å². The number of imide groups is 1. The molecule has 0 spiro atoms. The highest BCUT2D eigenvalue weighted by molar-refractivity contribution is 9.10. The summed E-state index contributed by atoms with van der Waals surface area (Å²) >= 11 is 9.88. The van der Waals surface area contributed by atoms with Crippen LogP contribution in [-0.4, -0.2) is 40.0 Å². The second-order valence-electron chi connectivity index (χ2n) is 8.62. The summed E-state index contributed by atoms with van der Waals surface area (Å²) in [6, 6.07) is 10.8. The summed E-state index contributed by atoms with van der Waals surface area (Å²) in [6.07, 6.45) is -3.41. The van der Waals surface area contributed by atoms with Crippen molar-refractivity contribution in [1.82, 2.24) is 4.90 Å². The molecule has 3 aromatic rings. The third kappa shape index (κ3) is 7.66. The molecule has 1 saturated heterocycles. The van der Waals surface area contributed by atoms with Gasteiger partial charge in [0.1, 0.15) is 6.54 Å². The quantitative estimate of drug-likeness (QED) is 0.136. The van der Waals surface area contributed by atoms with Crippen LogP contribution in [0.3, 0.4) is 0 Å². The van der Waals surface area contributed by atoms with Gasteiger partial charge in [0.05, 0.1) is 27.0 Å². The van der Waals surface area contributed by atoms with E-state index in [0.29, 0.717) is 44.6 Å². The Bertz CT molecular complexity index is 1670. The van der Waals surface area contributed by atoms with Crippen molar-refractivity contribution in [2.45, 2.75) is 13.1 Å². The van der Waals surface area contributed by atoms with Crippen LogP contribution in [0.2, 0.25) is 5.02 Å². The van der Waals surface area contributed by atoms with Crippen molar-refractivity contribution in [2.75, 3.05) is 18.5 Å². The largest absolute Gasteiger partial charge is 0.490 e. The Hall–Kier alpha value is -4.08. The van der Waals surface area contributed by atoms with Gasteiger partial charge in [-0.15, -0.1) is 0 Å². The van der Waals surface area contributed by atoms with E-state index in [9.17, 15) is 37.7 Å². The number of nitrogens with zero attached hydrogens (tertiary/aromatic N) is 2. The summed E-state index contributed by atoms with van der Waals surface area (Å²) in [4.78, 5) is 49.2. The molecule has 16 heteroatoms. The van der Waals surface area contributed by atoms with E-state index >= 15 is 0 Å². The van der Waals surface area contributed by atoms with Crippen molar-refractivity contribution in [3.05, 3.63) is 90.2 Å². The number of rotatable bonds is 9. The molecule has 0 saturated carbocycles. The van der Waals surface area contributed by atoms with E-state index in [1.165, 1.54) is 30.3 Å². The molecular weight excluding hydrogens is 683 g/mol. The fourth-order valence-electron chi connectivity index (χ4n) is 3.71. The first kappa shape index (κ1) is 31.8. The van der Waals surface area contributed by atoms with E-state index < -0.39 is 51.7 Å². The van der Waals surface area contributed by atoms with Crippen LogP contribution in [0.5, 0.6) is 17.2 Å². The van der Waals surface area contributed by atoms with Crippen molar-refractivity contribution >= 4 is 73.8 Å². The summed E-state index contributed by atoms with van der Waals surface area (Å²) in [5.41, 5.74) is -1.37. The van der Waals surface area contributed by atoms with Gasteiger partial charge in [0, 0.05) is 16.2 Å². The fraction of sp³-hybridized carbons (Fsp3) is 0.148. The summed E-state index contributed by atoms with van der Waals surface area (Å²) in [5, 5.41) is 13.7. The number of ether oxygens (including phenoxy) is 2. The lowest BCUT2D eigenvalue weighted by Gasteiger charge is -2.14. The van der Waals surface area contributed by atoms with E-state index in [1.807, 2.05) is 0 Å². The molecule has 0 bridgehead atoms. The van der Waals surface area contributed by atoms with Crippen molar-refractivity contribution in [2.24, 2.45) is 0 Å². The number of alkyl halides is 3. The van der Waals surface area contributed by atoms with Gasteiger partial charge in [-0.1, -0.05) is 17.7 Å². The van der Waals surface area contributed by atoms with E-state index in [-0.39, 0.29) is 23.0 Å². The topological polar surface area (TPSA) is 128 Å². The first-order valence-corrected chi connectivity index (χ1v) is 14.1. The number of nitro groups is 1. The summed E-state index contributed by atoms with van der Waals surface area (Å²) in [6.45, 7) is 1.23. The summed E-state index contributed by atoms with van der Waals surface area (Å²) in [7, 11) is 0. The average Bonchev–Trinajstić information content (AvgIpc) is 3.19. The maximum absolute atomic E-state index is 13.1. The molecule has 0 aliphatic carbocycles. The lowest BCUT2D eigenvalue weighted by molar-refractivity contribution is -0.385. The molecule has 3 amide bonds. The number of carbonyl (C=O) groups is 3. The number of benzene rings is 3. The van der Waals surface area contributed by atoms with Gasteiger partial charge in [0.2, 0.25) is 11.7 Å². The Morgan fingerprint density at radius 1 is 1.12 bits per heavy atom. The minimum absolute atomic E-state index is 0.0129.